The molecule has 2 N–H and O–H groups in total. The molecule has 1 aromatic carbocycles. The van der Waals surface area contributed by atoms with E-state index < -0.39 is 5.97 Å². The molecule has 6 nitrogen and oxygen atoms in total. The van der Waals surface area contributed by atoms with Gasteiger partial charge in [-0.25, -0.2) is 4.79 Å². The van der Waals surface area contributed by atoms with Gasteiger partial charge in [0.25, 0.3) is 0 Å². The van der Waals surface area contributed by atoms with Crippen LogP contribution in [0.25, 0.3) is 0 Å². The number of carbonyl (C=O) groups is 1. The summed E-state index contributed by atoms with van der Waals surface area (Å²) in [6.45, 7) is 2.59. The van der Waals surface area contributed by atoms with Crippen LogP contribution in [0.2, 0.25) is 0 Å². The summed E-state index contributed by atoms with van der Waals surface area (Å²) in [5.41, 5.74) is 0.797. The van der Waals surface area contributed by atoms with Crippen molar-refractivity contribution in [1.82, 2.24) is 5.32 Å². The lowest BCUT2D eigenvalue weighted by atomic mass is 10.1. The highest BCUT2D eigenvalue weighted by Gasteiger charge is 2.18. The number of nitrogens with one attached hydrogen (secondary N) is 2. The molecule has 0 aliphatic carbocycles. The predicted molar refractivity (Wildman–Crippen MR) is 80.8 cm³/mol. The summed E-state index contributed by atoms with van der Waals surface area (Å²) in [5, 5.41) is 6.28. The molecule has 0 saturated carbocycles. The lowest BCUT2D eigenvalue weighted by Gasteiger charge is -2.15. The lowest BCUT2D eigenvalue weighted by Crippen LogP contribution is -2.28. The summed E-state index contributed by atoms with van der Waals surface area (Å²) in [4.78, 5) is 11.8. The molecule has 0 aliphatic rings. The second kappa shape index (κ2) is 7.54. The fraction of sp³-hybridized carbons (Fsp3) is 0.385. The average molecular weight is 298 g/mol. The van der Waals surface area contributed by atoms with Crippen LogP contribution < -0.4 is 20.1 Å². The van der Waals surface area contributed by atoms with Gasteiger partial charge >= 0.3 is 5.97 Å². The van der Waals surface area contributed by atoms with Gasteiger partial charge in [0.2, 0.25) is 0 Å². The van der Waals surface area contributed by atoms with E-state index in [1.807, 2.05) is 6.92 Å². The third-order valence-corrected chi connectivity index (χ3v) is 2.76. The molecule has 7 heteroatoms. The molecule has 1 aromatic rings. The Labute approximate surface area is 123 Å². The molecule has 0 radical (unpaired) electrons. The van der Waals surface area contributed by atoms with Crippen molar-refractivity contribution in [3.05, 3.63) is 17.7 Å². The summed E-state index contributed by atoms with van der Waals surface area (Å²) in [6, 6.07) is 3.18. The average Bonchev–Trinajstić information content (AvgIpc) is 2.46. The van der Waals surface area contributed by atoms with Crippen LogP contribution in [-0.2, 0) is 4.74 Å². The van der Waals surface area contributed by atoms with Gasteiger partial charge in [0, 0.05) is 18.7 Å². The van der Waals surface area contributed by atoms with Crippen LogP contribution in [0, 0.1) is 0 Å². The monoisotopic (exact) mass is 298 g/mol. The summed E-state index contributed by atoms with van der Waals surface area (Å²) in [7, 11) is 4.32. The lowest BCUT2D eigenvalue weighted by molar-refractivity contribution is 0.0601. The number of hydrogen-bond acceptors (Lipinski definition) is 5. The molecule has 0 heterocycles. The minimum absolute atomic E-state index is 0.311. The van der Waals surface area contributed by atoms with E-state index in [1.165, 1.54) is 21.3 Å². The first-order valence-electron chi connectivity index (χ1n) is 5.96. The minimum atomic E-state index is -0.493. The Balaban J connectivity index is 3.23. The number of benzene rings is 1. The number of hydrogen-bond donors (Lipinski definition) is 2. The largest absolute Gasteiger partial charge is 0.493 e. The molecule has 0 unspecified atom stereocenters. The van der Waals surface area contributed by atoms with Crippen molar-refractivity contribution in [2.75, 3.05) is 33.2 Å². The molecule has 0 fully saturated rings. The summed E-state index contributed by atoms with van der Waals surface area (Å²) < 4.78 is 15.1. The molecule has 0 bridgehead atoms. The molecule has 1 rings (SSSR count). The van der Waals surface area contributed by atoms with Gasteiger partial charge in [0.1, 0.15) is 0 Å². The number of rotatable bonds is 5. The number of esters is 1. The van der Waals surface area contributed by atoms with Gasteiger partial charge in [-0.15, -0.1) is 0 Å². The molecule has 0 amide bonds. The molecule has 20 heavy (non-hydrogen) atoms. The van der Waals surface area contributed by atoms with Crippen LogP contribution in [0.15, 0.2) is 12.1 Å². The van der Waals surface area contributed by atoms with Crippen LogP contribution in [-0.4, -0.2) is 39.0 Å². The summed E-state index contributed by atoms with van der Waals surface area (Å²) in [5.74, 6) is 0.433. The van der Waals surface area contributed by atoms with E-state index in [1.54, 1.807) is 12.1 Å². The summed E-state index contributed by atoms with van der Waals surface area (Å²) in [6.07, 6.45) is 0. The topological polar surface area (TPSA) is 68.8 Å². The van der Waals surface area contributed by atoms with E-state index in [0.717, 1.165) is 0 Å². The van der Waals surface area contributed by atoms with Crippen molar-refractivity contribution in [2.24, 2.45) is 0 Å². The molecule has 0 aromatic heterocycles. The fourth-order valence-corrected chi connectivity index (χ4v) is 1.84. The van der Waals surface area contributed by atoms with Crippen LogP contribution >= 0.6 is 12.2 Å². The van der Waals surface area contributed by atoms with Crippen molar-refractivity contribution in [2.45, 2.75) is 6.92 Å². The van der Waals surface area contributed by atoms with Crippen molar-refractivity contribution in [1.29, 1.82) is 0 Å². The maximum Gasteiger partial charge on any atom is 0.340 e. The zero-order valence-electron chi connectivity index (χ0n) is 11.9. The Morgan fingerprint density at radius 1 is 1.20 bits per heavy atom. The predicted octanol–water partition coefficient (Wildman–Crippen LogP) is 1.80. The van der Waals surface area contributed by atoms with E-state index in [2.05, 4.69) is 10.6 Å². The summed E-state index contributed by atoms with van der Waals surface area (Å²) >= 11 is 5.11. The Morgan fingerprint density at radius 3 is 2.30 bits per heavy atom. The van der Waals surface area contributed by atoms with Gasteiger partial charge in [-0.3, -0.25) is 0 Å². The molecule has 0 atom stereocenters. The first-order valence-corrected chi connectivity index (χ1v) is 6.37. The zero-order chi connectivity index (χ0) is 15.1. The standard InChI is InChI=1S/C13H18N2O4S/c1-5-14-13(20)15-9-7-11(18-3)10(17-2)6-8(9)12(16)19-4/h6-7H,5H2,1-4H3,(H2,14,15,20). The second-order valence-electron chi connectivity index (χ2n) is 3.73. The van der Waals surface area contributed by atoms with Crippen LogP contribution in [0.1, 0.15) is 17.3 Å². The number of anilines is 1. The zero-order valence-corrected chi connectivity index (χ0v) is 12.7. The molecule has 0 saturated heterocycles. The van der Waals surface area contributed by atoms with Gasteiger partial charge < -0.3 is 24.8 Å². The smallest absolute Gasteiger partial charge is 0.340 e. The van der Waals surface area contributed by atoms with E-state index >= 15 is 0 Å². The first kappa shape index (κ1) is 16.0. The fourth-order valence-electron chi connectivity index (χ4n) is 1.59. The molecule has 0 spiro atoms. The minimum Gasteiger partial charge on any atom is -0.493 e. The van der Waals surface area contributed by atoms with E-state index in [4.69, 9.17) is 26.4 Å². The van der Waals surface area contributed by atoms with Gasteiger partial charge in [-0.05, 0) is 19.1 Å². The van der Waals surface area contributed by atoms with Gasteiger partial charge in [0.05, 0.1) is 32.6 Å². The van der Waals surface area contributed by atoms with Crippen molar-refractivity contribution < 1.29 is 19.0 Å². The number of ether oxygens (including phenoxy) is 3. The number of methoxy groups -OCH3 is 3. The molecular formula is C13H18N2O4S. The van der Waals surface area contributed by atoms with Crippen molar-refractivity contribution >= 4 is 29.0 Å². The van der Waals surface area contributed by atoms with Gasteiger partial charge in [-0.2, -0.15) is 0 Å². The highest BCUT2D eigenvalue weighted by Crippen LogP contribution is 2.33. The van der Waals surface area contributed by atoms with E-state index in [-0.39, 0.29) is 0 Å². The second-order valence-corrected chi connectivity index (χ2v) is 4.14. The highest BCUT2D eigenvalue weighted by molar-refractivity contribution is 7.80. The van der Waals surface area contributed by atoms with Crippen molar-refractivity contribution in [3.63, 3.8) is 0 Å². The quantitative estimate of drug-likeness (QED) is 0.634. The van der Waals surface area contributed by atoms with E-state index in [0.29, 0.717) is 34.4 Å². The Hall–Kier alpha value is -2.02. The first-order chi connectivity index (χ1) is 9.57. The van der Waals surface area contributed by atoms with Crippen LogP contribution in [0.5, 0.6) is 11.5 Å². The number of thiocarbonyl (C=S) groups is 1. The third-order valence-electron chi connectivity index (χ3n) is 2.51. The maximum atomic E-state index is 11.8. The molecule has 110 valence electrons. The van der Waals surface area contributed by atoms with Crippen LogP contribution in [0.4, 0.5) is 5.69 Å². The SMILES string of the molecule is CCNC(=S)Nc1cc(OC)c(OC)cc1C(=O)OC. The Morgan fingerprint density at radius 2 is 1.80 bits per heavy atom. The normalized spacial score (nSPS) is 9.60. The van der Waals surface area contributed by atoms with Gasteiger partial charge in [0.15, 0.2) is 16.6 Å². The highest BCUT2D eigenvalue weighted by atomic mass is 32.1. The maximum absolute atomic E-state index is 11.8. The molecule has 0 aliphatic heterocycles. The van der Waals surface area contributed by atoms with Crippen LogP contribution in [0.3, 0.4) is 0 Å². The number of carbonyl (C=O) groups excluding carboxylic acids is 1. The van der Waals surface area contributed by atoms with Crippen molar-refractivity contribution in [3.8, 4) is 11.5 Å². The van der Waals surface area contributed by atoms with E-state index in [9.17, 15) is 4.79 Å². The Kier molecular flexibility index (Phi) is 6.05. The Bertz CT molecular complexity index is 505. The van der Waals surface area contributed by atoms with Gasteiger partial charge in [-0.1, -0.05) is 0 Å². The third kappa shape index (κ3) is 3.74. The molecular weight excluding hydrogens is 280 g/mol.